The third-order valence-electron chi connectivity index (χ3n) is 3.53. The van der Waals surface area contributed by atoms with Crippen LogP contribution in [0.15, 0.2) is 18.2 Å². The average Bonchev–Trinajstić information content (AvgIpc) is 2.73. The number of ether oxygens (including phenoxy) is 2. The predicted octanol–water partition coefficient (Wildman–Crippen LogP) is 2.19. The van der Waals surface area contributed by atoms with E-state index in [4.69, 9.17) is 26.8 Å². The van der Waals surface area contributed by atoms with E-state index in [1.165, 1.54) is 0 Å². The summed E-state index contributed by atoms with van der Waals surface area (Å²) in [5, 5.41) is 0.461. The molecule has 21 heavy (non-hydrogen) atoms. The molecule has 1 atom stereocenters. The van der Waals surface area contributed by atoms with Gasteiger partial charge in [0, 0.05) is 19.8 Å². The first-order chi connectivity index (χ1) is 10.1. The predicted molar refractivity (Wildman–Crippen MR) is 81.3 cm³/mol. The lowest BCUT2D eigenvalue weighted by Gasteiger charge is -2.28. The number of fused-ring (bicyclic) bond motifs is 1. The fourth-order valence-electron chi connectivity index (χ4n) is 2.65. The van der Waals surface area contributed by atoms with E-state index >= 15 is 0 Å². The minimum Gasteiger partial charge on any atom is -0.351 e. The van der Waals surface area contributed by atoms with Crippen LogP contribution in [0.5, 0.6) is 0 Å². The molecular formula is C15H21ClN2O3. The highest BCUT2D eigenvalue weighted by molar-refractivity contribution is 6.34. The van der Waals surface area contributed by atoms with Crippen molar-refractivity contribution in [2.45, 2.75) is 26.2 Å². The molecule has 1 aliphatic rings. The number of amides is 1. The highest BCUT2D eigenvalue weighted by Gasteiger charge is 2.38. The number of rotatable bonds is 7. The smallest absolute Gasteiger partial charge is 0.256 e. The zero-order valence-electron chi connectivity index (χ0n) is 12.3. The summed E-state index contributed by atoms with van der Waals surface area (Å²) in [6, 6.07) is 5.27. The molecule has 1 amide bonds. The standard InChI is InChI=1S/C15H21ClN2O3/c1-3-20-13(21-4-2)9-18-12(8-17)10-6-5-7-11(16)14(10)15(18)19/h5-7,12-13H,3-4,8-9,17H2,1-2H3. The van der Waals surface area contributed by atoms with Gasteiger partial charge in [-0.25, -0.2) is 0 Å². The molecule has 5 nitrogen and oxygen atoms in total. The molecule has 0 saturated carbocycles. The molecule has 0 radical (unpaired) electrons. The van der Waals surface area contributed by atoms with Gasteiger partial charge in [-0.1, -0.05) is 23.7 Å². The number of hydrogen-bond acceptors (Lipinski definition) is 4. The van der Waals surface area contributed by atoms with Crippen LogP contribution in [0.4, 0.5) is 0 Å². The number of carbonyl (C=O) groups excluding carboxylic acids is 1. The summed E-state index contributed by atoms with van der Waals surface area (Å²) < 4.78 is 11.0. The summed E-state index contributed by atoms with van der Waals surface area (Å²) >= 11 is 6.16. The summed E-state index contributed by atoms with van der Waals surface area (Å²) in [6.45, 7) is 5.51. The molecule has 1 aliphatic heterocycles. The summed E-state index contributed by atoms with van der Waals surface area (Å²) in [5.74, 6) is -0.115. The van der Waals surface area contributed by atoms with Crippen molar-refractivity contribution in [2.24, 2.45) is 5.73 Å². The van der Waals surface area contributed by atoms with Crippen molar-refractivity contribution in [3.8, 4) is 0 Å². The Morgan fingerprint density at radius 2 is 2.00 bits per heavy atom. The van der Waals surface area contributed by atoms with Crippen LogP contribution in [0.25, 0.3) is 0 Å². The van der Waals surface area contributed by atoms with E-state index in [9.17, 15) is 4.79 Å². The maximum atomic E-state index is 12.6. The van der Waals surface area contributed by atoms with Crippen molar-refractivity contribution in [1.82, 2.24) is 4.90 Å². The second-order valence-electron chi connectivity index (χ2n) is 4.75. The number of hydrogen-bond donors (Lipinski definition) is 1. The Balaban J connectivity index is 2.25. The van der Waals surface area contributed by atoms with Crippen LogP contribution in [0.1, 0.15) is 35.8 Å². The SMILES string of the molecule is CCOC(CN1C(=O)c2c(Cl)cccc2C1CN)OCC. The maximum absolute atomic E-state index is 12.6. The van der Waals surface area contributed by atoms with Gasteiger partial charge < -0.3 is 20.1 Å². The van der Waals surface area contributed by atoms with E-state index in [0.717, 1.165) is 5.56 Å². The third kappa shape index (κ3) is 3.21. The zero-order valence-corrected chi connectivity index (χ0v) is 13.1. The highest BCUT2D eigenvalue weighted by atomic mass is 35.5. The van der Waals surface area contributed by atoms with Crippen molar-refractivity contribution in [2.75, 3.05) is 26.3 Å². The Labute approximate surface area is 130 Å². The summed E-state index contributed by atoms with van der Waals surface area (Å²) in [5.41, 5.74) is 7.28. The van der Waals surface area contributed by atoms with Gasteiger partial charge in [-0.15, -0.1) is 0 Å². The van der Waals surface area contributed by atoms with E-state index in [-0.39, 0.29) is 11.9 Å². The molecule has 6 heteroatoms. The Hall–Kier alpha value is -1.14. The lowest BCUT2D eigenvalue weighted by Crippen LogP contribution is -2.40. The van der Waals surface area contributed by atoms with Crippen LogP contribution in [0, 0.1) is 0 Å². The van der Waals surface area contributed by atoms with Crippen LogP contribution >= 0.6 is 11.6 Å². The van der Waals surface area contributed by atoms with Gasteiger partial charge in [0.1, 0.15) is 0 Å². The molecule has 1 heterocycles. The molecule has 116 valence electrons. The van der Waals surface area contributed by atoms with Crippen molar-refractivity contribution < 1.29 is 14.3 Å². The van der Waals surface area contributed by atoms with E-state index in [2.05, 4.69) is 0 Å². The van der Waals surface area contributed by atoms with Crippen molar-refractivity contribution in [1.29, 1.82) is 0 Å². The number of carbonyl (C=O) groups is 1. The monoisotopic (exact) mass is 312 g/mol. The second kappa shape index (κ2) is 7.22. The summed E-state index contributed by atoms with van der Waals surface area (Å²) in [7, 11) is 0. The normalized spacial score (nSPS) is 17.7. The third-order valence-corrected chi connectivity index (χ3v) is 3.84. The maximum Gasteiger partial charge on any atom is 0.256 e. The van der Waals surface area contributed by atoms with E-state index < -0.39 is 6.29 Å². The second-order valence-corrected chi connectivity index (χ2v) is 5.16. The molecule has 1 unspecified atom stereocenters. The first-order valence-electron chi connectivity index (χ1n) is 7.16. The zero-order chi connectivity index (χ0) is 15.4. The van der Waals surface area contributed by atoms with E-state index in [1.54, 1.807) is 11.0 Å². The Kier molecular flexibility index (Phi) is 5.58. The van der Waals surface area contributed by atoms with Gasteiger partial charge in [-0.2, -0.15) is 0 Å². The molecule has 1 aromatic rings. The van der Waals surface area contributed by atoms with Crippen LogP contribution < -0.4 is 5.73 Å². The summed E-state index contributed by atoms with van der Waals surface area (Å²) in [6.07, 6.45) is -0.453. The van der Waals surface area contributed by atoms with Gasteiger partial charge >= 0.3 is 0 Å². The first-order valence-corrected chi connectivity index (χ1v) is 7.54. The Bertz CT molecular complexity index is 504. The molecule has 0 bridgehead atoms. The largest absolute Gasteiger partial charge is 0.351 e. The molecule has 0 spiro atoms. The fourth-order valence-corrected chi connectivity index (χ4v) is 2.91. The minimum absolute atomic E-state index is 0.115. The topological polar surface area (TPSA) is 64.8 Å². The minimum atomic E-state index is -0.453. The van der Waals surface area contributed by atoms with Crippen LogP contribution in [0.2, 0.25) is 5.02 Å². The van der Waals surface area contributed by atoms with Gasteiger partial charge in [0.25, 0.3) is 5.91 Å². The Morgan fingerprint density at radius 1 is 1.33 bits per heavy atom. The molecule has 1 aromatic carbocycles. The van der Waals surface area contributed by atoms with Crippen LogP contribution in [0.3, 0.4) is 0 Å². The molecule has 2 N–H and O–H groups in total. The van der Waals surface area contributed by atoms with Crippen molar-refractivity contribution >= 4 is 17.5 Å². The molecule has 0 aromatic heterocycles. The lowest BCUT2D eigenvalue weighted by molar-refractivity contribution is -0.145. The molecular weight excluding hydrogens is 292 g/mol. The quantitative estimate of drug-likeness (QED) is 0.784. The highest BCUT2D eigenvalue weighted by Crippen LogP contribution is 2.36. The molecule has 2 rings (SSSR count). The molecule has 0 saturated heterocycles. The number of nitrogens with zero attached hydrogens (tertiary/aromatic N) is 1. The van der Waals surface area contributed by atoms with Gasteiger partial charge in [0.2, 0.25) is 0 Å². The fraction of sp³-hybridized carbons (Fsp3) is 0.533. The van der Waals surface area contributed by atoms with Gasteiger partial charge in [-0.05, 0) is 25.5 Å². The number of benzene rings is 1. The number of halogens is 1. The molecule has 0 fully saturated rings. The lowest BCUT2D eigenvalue weighted by atomic mass is 10.0. The van der Waals surface area contributed by atoms with Crippen molar-refractivity contribution in [3.63, 3.8) is 0 Å². The van der Waals surface area contributed by atoms with Crippen molar-refractivity contribution in [3.05, 3.63) is 34.3 Å². The van der Waals surface area contributed by atoms with Gasteiger partial charge in [0.05, 0.1) is 23.2 Å². The van der Waals surface area contributed by atoms with E-state index in [1.807, 2.05) is 26.0 Å². The van der Waals surface area contributed by atoms with E-state index in [0.29, 0.717) is 36.9 Å². The summed E-state index contributed by atoms with van der Waals surface area (Å²) in [4.78, 5) is 14.3. The van der Waals surface area contributed by atoms with Crippen LogP contribution in [-0.2, 0) is 9.47 Å². The van der Waals surface area contributed by atoms with Gasteiger partial charge in [0.15, 0.2) is 6.29 Å². The number of nitrogens with two attached hydrogens (primary N) is 1. The first kappa shape index (κ1) is 16.2. The Morgan fingerprint density at radius 3 is 2.57 bits per heavy atom. The molecule has 0 aliphatic carbocycles. The average molecular weight is 313 g/mol. The van der Waals surface area contributed by atoms with Gasteiger partial charge in [-0.3, -0.25) is 4.79 Å². The van der Waals surface area contributed by atoms with Crippen LogP contribution in [-0.4, -0.2) is 43.4 Å².